The van der Waals surface area contributed by atoms with Gasteiger partial charge in [-0.1, -0.05) is 11.3 Å². The fourth-order valence-electron chi connectivity index (χ4n) is 2.87. The maximum atomic E-state index is 11.4. The molecule has 1 fully saturated rings. The predicted octanol–water partition coefficient (Wildman–Crippen LogP) is -0.515. The molecule has 2 heterocycles. The summed E-state index contributed by atoms with van der Waals surface area (Å²) >= 11 is 0.930. The molecule has 1 amide bonds. The van der Waals surface area contributed by atoms with E-state index in [4.69, 9.17) is 13.9 Å². The van der Waals surface area contributed by atoms with Crippen molar-refractivity contribution in [3.05, 3.63) is 27.4 Å². The molecule has 9 nitrogen and oxygen atoms in total. The van der Waals surface area contributed by atoms with Gasteiger partial charge in [-0.2, -0.15) is 0 Å². The van der Waals surface area contributed by atoms with E-state index < -0.39 is 48.1 Å². The third-order valence-electron chi connectivity index (χ3n) is 4.19. The number of aliphatic hydroxyl groups is 3. The lowest BCUT2D eigenvalue weighted by Crippen LogP contribution is -2.65. The average molecular weight is 385 g/mol. The van der Waals surface area contributed by atoms with E-state index in [9.17, 15) is 24.9 Å². The van der Waals surface area contributed by atoms with E-state index >= 15 is 0 Å². The lowest BCUT2D eigenvalue weighted by atomic mass is 9.97. The molecular weight excluding hydrogens is 366 g/mol. The summed E-state index contributed by atoms with van der Waals surface area (Å²) in [6.45, 7) is 2.45. The first-order valence-electron chi connectivity index (χ1n) is 7.91. The van der Waals surface area contributed by atoms with Crippen molar-refractivity contribution in [3.8, 4) is 5.75 Å². The van der Waals surface area contributed by atoms with Gasteiger partial charge in [-0.05, 0) is 19.1 Å². The van der Waals surface area contributed by atoms with Gasteiger partial charge in [-0.15, -0.1) is 0 Å². The Kier molecular flexibility index (Phi) is 5.30. The smallest absolute Gasteiger partial charge is 0.396 e. The number of amides is 1. The number of nitrogens with one attached hydrogen (secondary N) is 1. The second kappa shape index (κ2) is 7.33. The van der Waals surface area contributed by atoms with Crippen LogP contribution in [0.25, 0.3) is 10.3 Å². The van der Waals surface area contributed by atoms with E-state index in [2.05, 4.69) is 5.32 Å². The van der Waals surface area contributed by atoms with Crippen LogP contribution in [-0.2, 0) is 9.53 Å². The minimum atomic E-state index is -1.40. The van der Waals surface area contributed by atoms with Gasteiger partial charge in [-0.3, -0.25) is 4.79 Å². The van der Waals surface area contributed by atoms with Gasteiger partial charge in [0, 0.05) is 12.5 Å². The molecule has 4 N–H and O–H groups in total. The zero-order valence-electron chi connectivity index (χ0n) is 14.0. The number of hydrogen-bond donors (Lipinski definition) is 4. The van der Waals surface area contributed by atoms with Crippen molar-refractivity contribution in [2.45, 2.75) is 44.5 Å². The number of carbonyl (C=O) groups excluding carboxylic acids is 1. The topological polar surface area (TPSA) is 138 Å². The number of carbonyl (C=O) groups is 1. The molecule has 26 heavy (non-hydrogen) atoms. The quantitative estimate of drug-likeness (QED) is 0.552. The summed E-state index contributed by atoms with van der Waals surface area (Å²) in [6.07, 6.45) is -5.02. The van der Waals surface area contributed by atoms with Crippen LogP contribution in [0.4, 0.5) is 0 Å². The molecule has 0 unspecified atom stereocenters. The summed E-state index contributed by atoms with van der Waals surface area (Å²) < 4.78 is 17.0. The molecule has 0 spiro atoms. The van der Waals surface area contributed by atoms with Crippen molar-refractivity contribution in [2.75, 3.05) is 6.61 Å². The van der Waals surface area contributed by atoms with Gasteiger partial charge < -0.3 is 34.5 Å². The molecule has 1 aromatic heterocycles. The molecule has 1 aliphatic rings. The minimum Gasteiger partial charge on any atom is -0.462 e. The SMILES string of the molecule is CC(=O)N[C@H]1[C@@H](Oc2ccc3oc(=O)sc3c2C)O[C@H](CO)[C@H](O)[C@@H]1O. The highest BCUT2D eigenvalue weighted by Crippen LogP contribution is 2.32. The maximum absolute atomic E-state index is 11.4. The molecule has 5 atom stereocenters. The van der Waals surface area contributed by atoms with Crippen molar-refractivity contribution < 1.29 is 34.0 Å². The summed E-state index contributed by atoms with van der Waals surface area (Å²) in [5.41, 5.74) is 1.06. The number of rotatable bonds is 4. The van der Waals surface area contributed by atoms with Crippen LogP contribution in [0.2, 0.25) is 0 Å². The van der Waals surface area contributed by atoms with Gasteiger partial charge in [0.2, 0.25) is 12.2 Å². The first kappa shape index (κ1) is 18.8. The first-order valence-corrected chi connectivity index (χ1v) is 8.73. The molecule has 3 rings (SSSR count). The Bertz CT molecular complexity index is 862. The van der Waals surface area contributed by atoms with E-state index in [-0.39, 0.29) is 0 Å². The van der Waals surface area contributed by atoms with Crippen LogP contribution >= 0.6 is 11.3 Å². The Morgan fingerprint density at radius 1 is 1.35 bits per heavy atom. The van der Waals surface area contributed by atoms with E-state index in [1.54, 1.807) is 19.1 Å². The van der Waals surface area contributed by atoms with Crippen molar-refractivity contribution in [1.29, 1.82) is 0 Å². The molecule has 10 heteroatoms. The molecule has 0 saturated carbocycles. The van der Waals surface area contributed by atoms with Crippen molar-refractivity contribution in [1.82, 2.24) is 5.32 Å². The Hall–Kier alpha value is -1.98. The van der Waals surface area contributed by atoms with Crippen molar-refractivity contribution in [3.63, 3.8) is 0 Å². The number of aryl methyl sites for hydroxylation is 1. The molecular formula is C16H19NO8S. The van der Waals surface area contributed by atoms with Gasteiger partial charge in [0.1, 0.15) is 35.7 Å². The lowest BCUT2D eigenvalue weighted by Gasteiger charge is -2.42. The Labute approximate surface area is 151 Å². The average Bonchev–Trinajstić information content (AvgIpc) is 2.97. The van der Waals surface area contributed by atoms with Gasteiger partial charge in [0.25, 0.3) is 0 Å². The van der Waals surface area contributed by atoms with E-state index in [1.807, 2.05) is 0 Å². The van der Waals surface area contributed by atoms with E-state index in [0.29, 0.717) is 21.6 Å². The third kappa shape index (κ3) is 3.46. The van der Waals surface area contributed by atoms with Gasteiger partial charge in [0.15, 0.2) is 0 Å². The number of benzene rings is 1. The van der Waals surface area contributed by atoms with Crippen LogP contribution in [-0.4, -0.2) is 58.5 Å². The summed E-state index contributed by atoms with van der Waals surface area (Å²) in [6, 6.07) is 2.09. The predicted molar refractivity (Wildman–Crippen MR) is 91.1 cm³/mol. The second-order valence-electron chi connectivity index (χ2n) is 6.02. The first-order chi connectivity index (χ1) is 12.3. The summed E-state index contributed by atoms with van der Waals surface area (Å²) in [7, 11) is 0. The highest BCUT2D eigenvalue weighted by Gasteiger charge is 2.46. The fraction of sp³-hybridized carbons (Fsp3) is 0.500. The van der Waals surface area contributed by atoms with Crippen LogP contribution in [0.15, 0.2) is 21.3 Å². The zero-order valence-corrected chi connectivity index (χ0v) is 14.9. The lowest BCUT2D eigenvalue weighted by molar-refractivity contribution is -0.244. The van der Waals surface area contributed by atoms with E-state index in [0.717, 1.165) is 11.3 Å². The largest absolute Gasteiger partial charge is 0.462 e. The van der Waals surface area contributed by atoms with Crippen molar-refractivity contribution >= 4 is 27.5 Å². The van der Waals surface area contributed by atoms with Crippen LogP contribution in [0.5, 0.6) is 5.75 Å². The van der Waals surface area contributed by atoms with E-state index in [1.165, 1.54) is 6.92 Å². The molecule has 1 aromatic carbocycles. The van der Waals surface area contributed by atoms with Crippen molar-refractivity contribution in [2.24, 2.45) is 0 Å². The molecule has 0 radical (unpaired) electrons. The van der Waals surface area contributed by atoms with Gasteiger partial charge in [0.05, 0.1) is 11.3 Å². The highest BCUT2D eigenvalue weighted by atomic mass is 32.1. The Morgan fingerprint density at radius 3 is 2.73 bits per heavy atom. The Morgan fingerprint density at radius 2 is 2.08 bits per heavy atom. The summed E-state index contributed by atoms with van der Waals surface area (Å²) in [5, 5.41) is 32.1. The minimum absolute atomic E-state index is 0.357. The van der Waals surface area contributed by atoms with Gasteiger partial charge in [-0.25, -0.2) is 4.79 Å². The normalized spacial score (nSPS) is 28.9. The summed E-state index contributed by atoms with van der Waals surface area (Å²) in [4.78, 5) is 22.4. The zero-order chi connectivity index (χ0) is 19.0. The van der Waals surface area contributed by atoms with Crippen LogP contribution in [0.3, 0.4) is 0 Å². The Balaban J connectivity index is 1.93. The summed E-state index contributed by atoms with van der Waals surface area (Å²) in [5.74, 6) is -0.0868. The molecule has 1 saturated heterocycles. The standard InChI is InChI=1S/C16H19NO8S/c1-6-8(3-4-9-14(6)26-16(22)25-9)23-15-11(17-7(2)19)13(21)12(20)10(5-18)24-15/h3-4,10-13,15,18,20-21H,5H2,1-2H3,(H,17,19)/t10-,11-,12+,13-,15+/m1/s1. The van der Waals surface area contributed by atoms with Crippen LogP contribution < -0.4 is 15.0 Å². The number of fused-ring (bicyclic) bond motifs is 1. The third-order valence-corrected chi connectivity index (χ3v) is 5.15. The number of aliphatic hydroxyl groups excluding tert-OH is 3. The number of hydrogen-bond acceptors (Lipinski definition) is 9. The molecule has 142 valence electrons. The van der Waals surface area contributed by atoms with Crippen LogP contribution in [0, 0.1) is 6.92 Å². The number of ether oxygens (including phenoxy) is 2. The second-order valence-corrected chi connectivity index (χ2v) is 6.97. The molecule has 0 bridgehead atoms. The van der Waals surface area contributed by atoms with Gasteiger partial charge >= 0.3 is 4.94 Å². The fourth-order valence-corrected chi connectivity index (χ4v) is 3.64. The molecule has 2 aromatic rings. The molecule has 0 aliphatic carbocycles. The van der Waals surface area contributed by atoms with Crippen LogP contribution in [0.1, 0.15) is 12.5 Å². The monoisotopic (exact) mass is 385 g/mol. The highest BCUT2D eigenvalue weighted by molar-refractivity contribution is 7.16. The maximum Gasteiger partial charge on any atom is 0.396 e. The molecule has 1 aliphatic heterocycles.